The van der Waals surface area contributed by atoms with Gasteiger partial charge in [-0.15, -0.1) is 10.2 Å². The minimum absolute atomic E-state index is 0.267. The van der Waals surface area contributed by atoms with E-state index in [9.17, 15) is 0 Å². The van der Waals surface area contributed by atoms with Crippen LogP contribution in [0.5, 0.6) is 0 Å². The molecule has 0 unspecified atom stereocenters. The van der Waals surface area contributed by atoms with E-state index in [1.165, 1.54) is 12.8 Å². The van der Waals surface area contributed by atoms with Crippen molar-refractivity contribution in [3.8, 4) is 5.82 Å². The number of nitrogens with two attached hydrogens (primary N) is 1. The number of nitrogen functional groups attached to an aromatic ring is 1. The maximum absolute atomic E-state index is 5.93. The van der Waals surface area contributed by atoms with Gasteiger partial charge in [-0.1, -0.05) is 0 Å². The fourth-order valence-electron chi connectivity index (χ4n) is 3.67. The van der Waals surface area contributed by atoms with E-state index in [0.29, 0.717) is 17.8 Å². The topological polar surface area (TPSA) is 104 Å². The predicted molar refractivity (Wildman–Crippen MR) is 96.0 cm³/mol. The summed E-state index contributed by atoms with van der Waals surface area (Å²) in [6.45, 7) is 1.83. The van der Waals surface area contributed by atoms with Crippen LogP contribution in [0.3, 0.4) is 0 Å². The third-order valence-corrected chi connectivity index (χ3v) is 5.18. The van der Waals surface area contributed by atoms with E-state index in [-0.39, 0.29) is 5.95 Å². The molecule has 0 amide bonds. The van der Waals surface area contributed by atoms with Gasteiger partial charge in [0.2, 0.25) is 5.95 Å². The van der Waals surface area contributed by atoms with E-state index < -0.39 is 0 Å². The Kier molecular flexibility index (Phi) is 3.58. The van der Waals surface area contributed by atoms with Gasteiger partial charge in [-0.05, 0) is 31.7 Å². The summed E-state index contributed by atoms with van der Waals surface area (Å²) in [5, 5.41) is 12.8. The third-order valence-electron chi connectivity index (χ3n) is 5.18. The average molecular weight is 351 g/mol. The number of rotatable bonds is 4. The Morgan fingerprint density at radius 3 is 2.58 bits per heavy atom. The smallest absolute Gasteiger partial charge is 0.224 e. The zero-order chi connectivity index (χ0) is 17.5. The van der Waals surface area contributed by atoms with Gasteiger partial charge in [0, 0.05) is 43.5 Å². The van der Waals surface area contributed by atoms with Crippen molar-refractivity contribution < 1.29 is 0 Å². The number of hydrogen-bond donors (Lipinski definition) is 1. The molecule has 1 saturated heterocycles. The standard InChI is InChI=1S/C17H21N9/c18-17-21-14(10-15(22-17)26-7-1-6-20-26)24-8-4-12(5-9-24)16-23-19-11-25(16)13-2-3-13/h1,6-7,10-13H,2-5,8-9H2,(H2,18,21,22). The van der Waals surface area contributed by atoms with Crippen molar-refractivity contribution in [2.24, 2.45) is 0 Å². The summed E-state index contributed by atoms with van der Waals surface area (Å²) in [5.74, 6) is 3.41. The second-order valence-electron chi connectivity index (χ2n) is 6.98. The molecule has 0 bridgehead atoms. The summed E-state index contributed by atoms with van der Waals surface area (Å²) >= 11 is 0. The van der Waals surface area contributed by atoms with Crippen molar-refractivity contribution >= 4 is 11.8 Å². The Morgan fingerprint density at radius 2 is 1.85 bits per heavy atom. The number of aromatic nitrogens is 7. The highest BCUT2D eigenvalue weighted by molar-refractivity contribution is 5.48. The first-order valence-corrected chi connectivity index (χ1v) is 9.07. The van der Waals surface area contributed by atoms with Gasteiger partial charge >= 0.3 is 0 Å². The Labute approximate surface area is 150 Å². The summed E-state index contributed by atoms with van der Waals surface area (Å²) in [6.07, 6.45) is 10.0. The molecule has 3 aromatic rings. The largest absolute Gasteiger partial charge is 0.368 e. The Balaban J connectivity index is 1.33. The van der Waals surface area contributed by atoms with Gasteiger partial charge < -0.3 is 15.2 Å². The molecule has 9 nitrogen and oxygen atoms in total. The van der Waals surface area contributed by atoms with Crippen LogP contribution < -0.4 is 10.6 Å². The fourth-order valence-corrected chi connectivity index (χ4v) is 3.67. The third kappa shape index (κ3) is 2.79. The molecule has 4 heterocycles. The highest BCUT2D eigenvalue weighted by Gasteiger charge is 2.31. The van der Waals surface area contributed by atoms with E-state index in [2.05, 4.69) is 34.7 Å². The lowest BCUT2D eigenvalue weighted by atomic mass is 9.96. The highest BCUT2D eigenvalue weighted by Crippen LogP contribution is 2.38. The first-order valence-electron chi connectivity index (χ1n) is 9.07. The summed E-state index contributed by atoms with van der Waals surface area (Å²) < 4.78 is 3.98. The van der Waals surface area contributed by atoms with E-state index in [0.717, 1.165) is 37.6 Å². The normalized spacial score (nSPS) is 18.4. The highest BCUT2D eigenvalue weighted by atomic mass is 15.3. The van der Waals surface area contributed by atoms with Crippen LogP contribution in [0.4, 0.5) is 11.8 Å². The summed E-state index contributed by atoms with van der Waals surface area (Å²) in [7, 11) is 0. The lowest BCUT2D eigenvalue weighted by Crippen LogP contribution is -2.34. The van der Waals surface area contributed by atoms with Crippen LogP contribution in [-0.4, -0.2) is 47.6 Å². The van der Waals surface area contributed by atoms with Gasteiger partial charge in [-0.2, -0.15) is 15.1 Å². The van der Waals surface area contributed by atoms with E-state index in [4.69, 9.17) is 5.73 Å². The van der Waals surface area contributed by atoms with Gasteiger partial charge in [0.25, 0.3) is 0 Å². The Hall–Kier alpha value is -2.97. The monoisotopic (exact) mass is 351 g/mol. The van der Waals surface area contributed by atoms with Crippen LogP contribution in [0, 0.1) is 0 Å². The second kappa shape index (κ2) is 6.08. The minimum atomic E-state index is 0.267. The molecule has 0 aromatic carbocycles. The van der Waals surface area contributed by atoms with Crippen molar-refractivity contribution in [1.82, 2.24) is 34.5 Å². The molecule has 0 spiro atoms. The lowest BCUT2D eigenvalue weighted by molar-refractivity contribution is 0.463. The van der Waals surface area contributed by atoms with Crippen LogP contribution in [0.25, 0.3) is 5.82 Å². The maximum atomic E-state index is 5.93. The summed E-state index contributed by atoms with van der Waals surface area (Å²) in [5.41, 5.74) is 5.93. The molecule has 1 aliphatic heterocycles. The summed E-state index contributed by atoms with van der Waals surface area (Å²) in [6, 6.07) is 4.42. The second-order valence-corrected chi connectivity index (χ2v) is 6.98. The molecule has 1 saturated carbocycles. The molecule has 2 N–H and O–H groups in total. The first-order chi connectivity index (χ1) is 12.8. The molecule has 26 heavy (non-hydrogen) atoms. The first kappa shape index (κ1) is 15.3. The van der Waals surface area contributed by atoms with Gasteiger partial charge in [0.05, 0.1) is 0 Å². The number of hydrogen-bond acceptors (Lipinski definition) is 7. The van der Waals surface area contributed by atoms with Crippen molar-refractivity contribution in [3.63, 3.8) is 0 Å². The Bertz CT molecular complexity index is 889. The minimum Gasteiger partial charge on any atom is -0.368 e. The molecule has 2 aliphatic rings. The van der Waals surface area contributed by atoms with E-state index >= 15 is 0 Å². The SMILES string of the molecule is Nc1nc(N2CCC(c3nncn3C3CC3)CC2)cc(-n2cccn2)n1. The van der Waals surface area contributed by atoms with Crippen LogP contribution >= 0.6 is 0 Å². The molecular formula is C17H21N9. The predicted octanol–water partition coefficient (Wildman–Crippen LogP) is 1.55. The van der Waals surface area contributed by atoms with Crippen LogP contribution in [-0.2, 0) is 0 Å². The van der Waals surface area contributed by atoms with Crippen LogP contribution in [0.2, 0.25) is 0 Å². The summed E-state index contributed by atoms with van der Waals surface area (Å²) in [4.78, 5) is 11.0. The average Bonchev–Trinajstić information content (AvgIpc) is 3.16. The molecule has 0 radical (unpaired) electrons. The quantitative estimate of drug-likeness (QED) is 0.760. The maximum Gasteiger partial charge on any atom is 0.224 e. The number of nitrogens with zero attached hydrogens (tertiary/aromatic N) is 8. The van der Waals surface area contributed by atoms with Gasteiger partial charge in [-0.25, -0.2) is 4.68 Å². The number of piperidine rings is 1. The van der Waals surface area contributed by atoms with Gasteiger partial charge in [-0.3, -0.25) is 0 Å². The lowest BCUT2D eigenvalue weighted by Gasteiger charge is -2.32. The Morgan fingerprint density at radius 1 is 1.04 bits per heavy atom. The molecule has 9 heteroatoms. The van der Waals surface area contributed by atoms with Crippen molar-refractivity contribution in [1.29, 1.82) is 0 Å². The van der Waals surface area contributed by atoms with E-state index in [1.54, 1.807) is 10.9 Å². The zero-order valence-electron chi connectivity index (χ0n) is 14.4. The zero-order valence-corrected chi connectivity index (χ0v) is 14.4. The van der Waals surface area contributed by atoms with Crippen molar-refractivity contribution in [3.05, 3.63) is 36.7 Å². The molecule has 134 valence electrons. The molecule has 0 atom stereocenters. The van der Waals surface area contributed by atoms with Crippen molar-refractivity contribution in [2.75, 3.05) is 23.7 Å². The molecular weight excluding hydrogens is 330 g/mol. The molecule has 2 fully saturated rings. The fraction of sp³-hybridized carbons (Fsp3) is 0.471. The molecule has 3 aromatic heterocycles. The van der Waals surface area contributed by atoms with Gasteiger partial charge in [0.1, 0.15) is 18.0 Å². The van der Waals surface area contributed by atoms with Crippen LogP contribution in [0.15, 0.2) is 30.9 Å². The van der Waals surface area contributed by atoms with E-state index in [1.807, 2.05) is 24.7 Å². The number of anilines is 2. The van der Waals surface area contributed by atoms with Crippen LogP contribution in [0.1, 0.15) is 43.5 Å². The van der Waals surface area contributed by atoms with Gasteiger partial charge in [0.15, 0.2) is 5.82 Å². The molecule has 5 rings (SSSR count). The molecule has 1 aliphatic carbocycles. The van der Waals surface area contributed by atoms with Crippen molar-refractivity contribution in [2.45, 2.75) is 37.6 Å².